The Bertz CT molecular complexity index is 2460. The molecule has 0 aromatic heterocycles. The number of anilines is 3. The molecule has 0 aliphatic carbocycles. The number of esters is 1. The van der Waals surface area contributed by atoms with Gasteiger partial charge in [0.05, 0.1) is 16.9 Å². The minimum Gasteiger partial charge on any atom is -0.423 e. The van der Waals surface area contributed by atoms with Gasteiger partial charge in [-0.25, -0.2) is 4.79 Å². The van der Waals surface area contributed by atoms with Crippen LogP contribution in [-0.4, -0.2) is 5.97 Å². The normalized spacial score (nSPS) is 11.2. The summed E-state index contributed by atoms with van der Waals surface area (Å²) >= 11 is 0. The summed E-state index contributed by atoms with van der Waals surface area (Å²) in [5.74, 6) is 0.604. The topological polar surface area (TPSA) is 29.5 Å². The van der Waals surface area contributed by atoms with E-state index in [-0.39, 0.29) is 5.97 Å². The lowest BCUT2D eigenvalue weighted by Crippen LogP contribution is -2.11. The fraction of sp³-hybridized carbons (Fsp3) is 0.100. The van der Waals surface area contributed by atoms with Crippen molar-refractivity contribution in [2.45, 2.75) is 33.1 Å². The summed E-state index contributed by atoms with van der Waals surface area (Å²) in [6.45, 7) is 6.61. The molecule has 0 aliphatic rings. The van der Waals surface area contributed by atoms with Crippen LogP contribution in [0.15, 0.2) is 176 Å². The van der Waals surface area contributed by atoms with Crippen molar-refractivity contribution >= 4 is 44.6 Å². The van der Waals surface area contributed by atoms with Gasteiger partial charge in [-0.1, -0.05) is 148 Å². The molecule has 0 heterocycles. The van der Waals surface area contributed by atoms with Gasteiger partial charge in [-0.15, -0.1) is 0 Å². The maximum atomic E-state index is 13.2. The number of hydrogen-bond acceptors (Lipinski definition) is 3. The van der Waals surface area contributed by atoms with Crippen LogP contribution in [0.25, 0.3) is 43.8 Å². The number of carbonyl (C=O) groups excluding carboxylic acids is 1. The first-order chi connectivity index (χ1) is 26.0. The molecular weight excluding hydrogens is 647 g/mol. The predicted octanol–water partition coefficient (Wildman–Crippen LogP) is 13.7. The van der Waals surface area contributed by atoms with Gasteiger partial charge in [0, 0.05) is 16.5 Å². The lowest BCUT2D eigenvalue weighted by molar-refractivity contribution is 0.0735. The van der Waals surface area contributed by atoms with Crippen LogP contribution in [0.1, 0.15) is 48.2 Å². The molecule has 0 spiro atoms. The molecule has 8 aromatic rings. The van der Waals surface area contributed by atoms with Gasteiger partial charge in [0.25, 0.3) is 0 Å². The van der Waals surface area contributed by atoms with Gasteiger partial charge in [-0.3, -0.25) is 0 Å². The molecule has 0 N–H and O–H groups in total. The van der Waals surface area contributed by atoms with Crippen molar-refractivity contribution in [2.24, 2.45) is 0 Å². The Morgan fingerprint density at radius 3 is 1.66 bits per heavy atom. The van der Waals surface area contributed by atoms with E-state index in [1.165, 1.54) is 38.2 Å². The van der Waals surface area contributed by atoms with Crippen molar-refractivity contribution in [3.63, 3.8) is 0 Å². The van der Waals surface area contributed by atoms with E-state index in [0.29, 0.717) is 17.2 Å². The lowest BCUT2D eigenvalue weighted by Gasteiger charge is -2.28. The van der Waals surface area contributed by atoms with E-state index < -0.39 is 0 Å². The third-order valence-electron chi connectivity index (χ3n) is 10.2. The molecule has 0 atom stereocenters. The molecule has 0 aliphatic heterocycles. The van der Waals surface area contributed by atoms with Gasteiger partial charge >= 0.3 is 5.97 Å². The van der Waals surface area contributed by atoms with Crippen molar-refractivity contribution in [1.29, 1.82) is 0 Å². The molecular formula is C50H41NO2. The molecule has 8 aromatic carbocycles. The zero-order valence-corrected chi connectivity index (χ0v) is 30.3. The zero-order valence-electron chi connectivity index (χ0n) is 30.3. The summed E-state index contributed by atoms with van der Waals surface area (Å²) in [7, 11) is 0. The van der Waals surface area contributed by atoms with Crippen LogP contribution < -0.4 is 9.64 Å². The molecule has 53 heavy (non-hydrogen) atoms. The Kier molecular flexibility index (Phi) is 9.31. The number of fused-ring (bicyclic) bond motifs is 2. The van der Waals surface area contributed by atoms with Crippen LogP contribution in [0.3, 0.4) is 0 Å². The molecule has 3 nitrogen and oxygen atoms in total. The molecule has 258 valence electrons. The monoisotopic (exact) mass is 687 g/mol. The second-order valence-electron chi connectivity index (χ2n) is 13.8. The minimum absolute atomic E-state index is 0.378. The Balaban J connectivity index is 1.03. The Labute approximate surface area is 311 Å². The number of rotatable bonds is 9. The first kappa shape index (κ1) is 33.7. The van der Waals surface area contributed by atoms with E-state index in [0.717, 1.165) is 40.2 Å². The van der Waals surface area contributed by atoms with E-state index in [1.807, 2.05) is 48.5 Å². The average Bonchev–Trinajstić information content (AvgIpc) is 3.21. The van der Waals surface area contributed by atoms with Gasteiger partial charge in [0.1, 0.15) is 5.75 Å². The highest BCUT2D eigenvalue weighted by atomic mass is 16.5. The van der Waals surface area contributed by atoms with Crippen molar-refractivity contribution in [3.05, 3.63) is 193 Å². The Morgan fingerprint density at radius 2 is 1.09 bits per heavy atom. The van der Waals surface area contributed by atoms with Crippen LogP contribution in [0.2, 0.25) is 0 Å². The van der Waals surface area contributed by atoms with E-state index >= 15 is 0 Å². The average molecular weight is 688 g/mol. The van der Waals surface area contributed by atoms with Crippen LogP contribution in [-0.2, 0) is 6.42 Å². The molecule has 0 amide bonds. The van der Waals surface area contributed by atoms with Crippen LogP contribution in [0.5, 0.6) is 5.75 Å². The highest BCUT2D eigenvalue weighted by molar-refractivity contribution is 6.04. The fourth-order valence-electron chi connectivity index (χ4n) is 7.21. The van der Waals surface area contributed by atoms with E-state index in [4.69, 9.17) is 4.74 Å². The highest BCUT2D eigenvalue weighted by Crippen LogP contribution is 2.42. The number of hydrogen-bond donors (Lipinski definition) is 0. The van der Waals surface area contributed by atoms with Crippen molar-refractivity contribution in [1.82, 2.24) is 0 Å². The van der Waals surface area contributed by atoms with Crippen molar-refractivity contribution < 1.29 is 9.53 Å². The Morgan fingerprint density at radius 1 is 0.566 bits per heavy atom. The van der Waals surface area contributed by atoms with Crippen LogP contribution >= 0.6 is 0 Å². The first-order valence-electron chi connectivity index (χ1n) is 18.4. The maximum Gasteiger partial charge on any atom is 0.343 e. The zero-order chi connectivity index (χ0) is 36.3. The summed E-state index contributed by atoms with van der Waals surface area (Å²) in [5, 5.41) is 4.76. The van der Waals surface area contributed by atoms with E-state index in [2.05, 4.69) is 153 Å². The second-order valence-corrected chi connectivity index (χ2v) is 13.8. The highest BCUT2D eigenvalue weighted by Gasteiger charge is 2.18. The van der Waals surface area contributed by atoms with Gasteiger partial charge in [-0.05, 0) is 105 Å². The number of nitrogens with zero attached hydrogens (tertiary/aromatic N) is 1. The van der Waals surface area contributed by atoms with E-state index in [9.17, 15) is 4.79 Å². The third-order valence-corrected chi connectivity index (χ3v) is 10.2. The molecule has 0 bridgehead atoms. The standard InChI is InChI=1S/C50H41NO2/c1-4-35-19-24-42(34(2)3)33-47(35)40-27-31-44(32-28-40)53-50(52)41-22-20-36(21-23-41)37-25-29-43(30-26-37)51(48-17-9-13-38-11-5-7-15-45(38)48)49-18-10-14-39-12-6-8-16-46(39)49/h5-34H,4H2,1-3H3. The van der Waals surface area contributed by atoms with Gasteiger partial charge in [0.15, 0.2) is 0 Å². The number of ether oxygens (including phenoxy) is 1. The van der Waals surface area contributed by atoms with Gasteiger partial charge < -0.3 is 9.64 Å². The van der Waals surface area contributed by atoms with Gasteiger partial charge in [-0.2, -0.15) is 0 Å². The molecule has 0 radical (unpaired) electrons. The third kappa shape index (κ3) is 6.82. The first-order valence-corrected chi connectivity index (χ1v) is 18.4. The smallest absolute Gasteiger partial charge is 0.343 e. The lowest BCUT2D eigenvalue weighted by atomic mass is 9.92. The minimum atomic E-state index is -0.378. The molecule has 0 fully saturated rings. The predicted molar refractivity (Wildman–Crippen MR) is 222 cm³/mol. The quantitative estimate of drug-likeness (QED) is 0.112. The second kappa shape index (κ2) is 14.7. The summed E-state index contributed by atoms with van der Waals surface area (Å²) < 4.78 is 5.80. The van der Waals surface area contributed by atoms with Crippen molar-refractivity contribution in [2.75, 3.05) is 4.90 Å². The number of carbonyl (C=O) groups is 1. The summed E-state index contributed by atoms with van der Waals surface area (Å²) in [6.07, 6.45) is 0.958. The van der Waals surface area contributed by atoms with Gasteiger partial charge in [0.2, 0.25) is 0 Å². The molecule has 0 saturated carbocycles. The molecule has 8 rings (SSSR count). The van der Waals surface area contributed by atoms with Crippen molar-refractivity contribution in [3.8, 4) is 28.0 Å². The summed E-state index contributed by atoms with van der Waals surface area (Å²) in [4.78, 5) is 15.5. The van der Waals surface area contributed by atoms with Crippen LogP contribution in [0, 0.1) is 0 Å². The molecule has 3 heteroatoms. The Hall–Kier alpha value is -6.45. The maximum absolute atomic E-state index is 13.2. The SMILES string of the molecule is CCc1ccc(C(C)C)cc1-c1ccc(OC(=O)c2ccc(-c3ccc(N(c4cccc5ccccc45)c4cccc5ccccc45)cc3)cc2)cc1. The fourth-order valence-corrected chi connectivity index (χ4v) is 7.21. The van der Waals surface area contributed by atoms with Crippen LogP contribution in [0.4, 0.5) is 17.1 Å². The summed E-state index contributed by atoms with van der Waals surface area (Å²) in [5.41, 5.74) is 10.9. The molecule has 0 unspecified atom stereocenters. The summed E-state index contributed by atoms with van der Waals surface area (Å²) in [6, 6.07) is 60.9. The molecule has 0 saturated heterocycles. The number of aryl methyl sites for hydroxylation is 1. The van der Waals surface area contributed by atoms with E-state index in [1.54, 1.807) is 0 Å². The number of benzene rings is 8. The largest absolute Gasteiger partial charge is 0.423 e.